The van der Waals surface area contributed by atoms with Gasteiger partial charge in [0, 0.05) is 46.9 Å². The maximum Gasteiger partial charge on any atom is 0.223 e. The van der Waals surface area contributed by atoms with Crippen molar-refractivity contribution in [2.75, 3.05) is 39.6 Å². The second-order valence-corrected chi connectivity index (χ2v) is 6.42. The molecular formula is C19H21ClN4O. The Balaban J connectivity index is 1.98. The van der Waals surface area contributed by atoms with Crippen LogP contribution < -0.4 is 10.1 Å². The van der Waals surface area contributed by atoms with E-state index >= 15 is 0 Å². The fourth-order valence-corrected chi connectivity index (χ4v) is 2.83. The molecule has 0 bridgehead atoms. The Bertz CT molecular complexity index is 882. The van der Waals surface area contributed by atoms with Gasteiger partial charge in [0.25, 0.3) is 0 Å². The fourth-order valence-electron chi connectivity index (χ4n) is 2.60. The van der Waals surface area contributed by atoms with Crippen molar-refractivity contribution < 1.29 is 4.74 Å². The number of hydrogen-bond acceptors (Lipinski definition) is 5. The molecule has 25 heavy (non-hydrogen) atoms. The Morgan fingerprint density at radius 3 is 2.68 bits per heavy atom. The summed E-state index contributed by atoms with van der Waals surface area (Å²) < 4.78 is 5.57. The van der Waals surface area contributed by atoms with Crippen LogP contribution in [0.3, 0.4) is 0 Å². The molecule has 0 amide bonds. The normalized spacial score (nSPS) is 11.1. The Hall–Kier alpha value is -2.37. The third-order valence-corrected chi connectivity index (χ3v) is 4.24. The van der Waals surface area contributed by atoms with Crippen molar-refractivity contribution in [2.24, 2.45) is 0 Å². The van der Waals surface area contributed by atoms with E-state index in [1.807, 2.05) is 56.7 Å². The van der Waals surface area contributed by atoms with Crippen molar-refractivity contribution in [3.05, 3.63) is 47.6 Å². The van der Waals surface area contributed by atoms with Crippen molar-refractivity contribution in [3.63, 3.8) is 0 Å². The van der Waals surface area contributed by atoms with Crippen LogP contribution in [-0.4, -0.2) is 49.2 Å². The minimum Gasteiger partial charge on any atom is -0.496 e. The summed E-state index contributed by atoms with van der Waals surface area (Å²) in [6, 6.07) is 11.7. The van der Waals surface area contributed by atoms with Gasteiger partial charge in [-0.3, -0.25) is 0 Å². The van der Waals surface area contributed by atoms with Gasteiger partial charge in [0.2, 0.25) is 5.95 Å². The molecule has 1 N–H and O–H groups in total. The summed E-state index contributed by atoms with van der Waals surface area (Å²) in [5.74, 6) is 1.35. The number of hydrogen-bond donors (Lipinski definition) is 1. The molecule has 0 aliphatic rings. The molecule has 0 aliphatic heterocycles. The average molecular weight is 357 g/mol. The van der Waals surface area contributed by atoms with Crippen molar-refractivity contribution in [3.8, 4) is 16.9 Å². The first kappa shape index (κ1) is 17.5. The van der Waals surface area contributed by atoms with E-state index in [2.05, 4.69) is 20.2 Å². The van der Waals surface area contributed by atoms with E-state index in [-0.39, 0.29) is 0 Å². The lowest BCUT2D eigenvalue weighted by Gasteiger charge is -2.13. The van der Waals surface area contributed by atoms with Crippen molar-refractivity contribution in [2.45, 2.75) is 0 Å². The number of anilines is 1. The molecule has 0 saturated carbocycles. The number of nitrogens with zero attached hydrogens (tertiary/aromatic N) is 3. The van der Waals surface area contributed by atoms with Crippen LogP contribution in [0.1, 0.15) is 0 Å². The topological polar surface area (TPSA) is 50.3 Å². The van der Waals surface area contributed by atoms with E-state index in [9.17, 15) is 0 Å². The van der Waals surface area contributed by atoms with Crippen LogP contribution in [0.25, 0.3) is 22.0 Å². The van der Waals surface area contributed by atoms with E-state index in [1.54, 1.807) is 7.11 Å². The molecule has 0 radical (unpaired) electrons. The highest BCUT2D eigenvalue weighted by atomic mass is 35.5. The molecule has 2 aromatic carbocycles. The third kappa shape index (κ3) is 4.00. The van der Waals surface area contributed by atoms with Crippen molar-refractivity contribution in [1.29, 1.82) is 0 Å². The molecule has 0 aliphatic carbocycles. The summed E-state index contributed by atoms with van der Waals surface area (Å²) in [7, 11) is 5.72. The number of methoxy groups -OCH3 is 1. The zero-order chi connectivity index (χ0) is 17.8. The third-order valence-electron chi connectivity index (χ3n) is 3.91. The van der Waals surface area contributed by atoms with Gasteiger partial charge in [0.15, 0.2) is 0 Å². The molecule has 0 unspecified atom stereocenters. The molecule has 1 heterocycles. The Kier molecular flexibility index (Phi) is 5.36. The number of nitrogens with one attached hydrogen (secondary N) is 1. The van der Waals surface area contributed by atoms with Gasteiger partial charge in [0.05, 0.1) is 12.6 Å². The summed E-state index contributed by atoms with van der Waals surface area (Å²) in [6.07, 6.45) is 1.82. The molecule has 1 aromatic heterocycles. The first-order chi connectivity index (χ1) is 12.1. The van der Waals surface area contributed by atoms with Crippen molar-refractivity contribution >= 4 is 28.5 Å². The average Bonchev–Trinajstić information content (AvgIpc) is 2.60. The first-order valence-corrected chi connectivity index (χ1v) is 8.44. The summed E-state index contributed by atoms with van der Waals surface area (Å²) in [6.45, 7) is 1.70. The van der Waals surface area contributed by atoms with Gasteiger partial charge in [-0.25, -0.2) is 9.97 Å². The lowest BCUT2D eigenvalue weighted by molar-refractivity contribution is 0.417. The minimum absolute atomic E-state index is 0.613. The number of benzene rings is 2. The Morgan fingerprint density at radius 1 is 1.16 bits per heavy atom. The Morgan fingerprint density at radius 2 is 1.96 bits per heavy atom. The smallest absolute Gasteiger partial charge is 0.223 e. The second kappa shape index (κ2) is 7.68. The van der Waals surface area contributed by atoms with Crippen LogP contribution in [0, 0.1) is 0 Å². The quantitative estimate of drug-likeness (QED) is 0.725. The second-order valence-electron chi connectivity index (χ2n) is 6.01. The molecule has 5 nitrogen and oxygen atoms in total. The highest BCUT2D eigenvalue weighted by molar-refractivity contribution is 6.33. The fraction of sp³-hybridized carbons (Fsp3) is 0.263. The zero-order valence-corrected chi connectivity index (χ0v) is 15.3. The highest BCUT2D eigenvalue weighted by Crippen LogP contribution is 2.37. The van der Waals surface area contributed by atoms with Crippen LogP contribution in [-0.2, 0) is 0 Å². The maximum atomic E-state index is 6.35. The lowest BCUT2D eigenvalue weighted by atomic mass is 10.0. The van der Waals surface area contributed by atoms with Crippen LogP contribution >= 0.6 is 11.6 Å². The van der Waals surface area contributed by atoms with Crippen LogP contribution in [0.4, 0.5) is 5.95 Å². The maximum absolute atomic E-state index is 6.35. The summed E-state index contributed by atoms with van der Waals surface area (Å²) in [4.78, 5) is 11.1. The van der Waals surface area contributed by atoms with Crippen LogP contribution in [0.2, 0.25) is 5.02 Å². The van der Waals surface area contributed by atoms with E-state index in [1.165, 1.54) is 0 Å². The van der Waals surface area contributed by atoms with Gasteiger partial charge in [-0.1, -0.05) is 29.8 Å². The van der Waals surface area contributed by atoms with Crippen LogP contribution in [0.5, 0.6) is 5.75 Å². The van der Waals surface area contributed by atoms with Crippen molar-refractivity contribution in [1.82, 2.24) is 14.9 Å². The largest absolute Gasteiger partial charge is 0.496 e. The number of ether oxygens (including phenoxy) is 1. The van der Waals surface area contributed by atoms with Gasteiger partial charge < -0.3 is 15.0 Å². The standard InChI is InChI=1S/C19H21ClN4O/c1-24(2)9-8-21-19-22-12-13-10-15(14-6-4-5-7-16(14)20)18(25-3)11-17(13)23-19/h4-7,10-12H,8-9H2,1-3H3,(H,21,22,23). The minimum atomic E-state index is 0.613. The predicted octanol–water partition coefficient (Wildman–Crippen LogP) is 3.93. The van der Waals surface area contributed by atoms with Gasteiger partial charge in [-0.15, -0.1) is 0 Å². The number of rotatable bonds is 6. The van der Waals surface area contributed by atoms with Gasteiger partial charge in [0.1, 0.15) is 5.75 Å². The zero-order valence-electron chi connectivity index (χ0n) is 14.6. The molecule has 0 saturated heterocycles. The van der Waals surface area contributed by atoms with Gasteiger partial charge in [-0.2, -0.15) is 0 Å². The van der Waals surface area contributed by atoms with E-state index < -0.39 is 0 Å². The molecule has 3 aromatic rings. The SMILES string of the molecule is COc1cc2nc(NCCN(C)C)ncc2cc1-c1ccccc1Cl. The molecule has 0 atom stereocenters. The van der Waals surface area contributed by atoms with E-state index in [0.717, 1.165) is 40.9 Å². The molecule has 6 heteroatoms. The van der Waals surface area contributed by atoms with E-state index in [4.69, 9.17) is 16.3 Å². The van der Waals surface area contributed by atoms with Gasteiger partial charge in [-0.05, 0) is 26.2 Å². The molecular weight excluding hydrogens is 336 g/mol. The number of fused-ring (bicyclic) bond motifs is 1. The Labute approximate surface area is 152 Å². The molecule has 0 fully saturated rings. The number of halogens is 1. The highest BCUT2D eigenvalue weighted by Gasteiger charge is 2.12. The van der Waals surface area contributed by atoms with Gasteiger partial charge >= 0.3 is 0 Å². The van der Waals surface area contributed by atoms with Crippen LogP contribution in [0.15, 0.2) is 42.6 Å². The predicted molar refractivity (Wildman–Crippen MR) is 104 cm³/mol. The molecule has 3 rings (SSSR count). The molecule has 130 valence electrons. The summed E-state index contributed by atoms with van der Waals surface area (Å²) in [5, 5.41) is 4.86. The lowest BCUT2D eigenvalue weighted by Crippen LogP contribution is -2.21. The number of likely N-dealkylation sites (N-methyl/N-ethyl adjacent to an activating group) is 1. The summed E-state index contributed by atoms with van der Waals surface area (Å²) in [5.41, 5.74) is 2.68. The molecule has 0 spiro atoms. The number of aromatic nitrogens is 2. The first-order valence-electron chi connectivity index (χ1n) is 8.07. The monoisotopic (exact) mass is 356 g/mol. The van der Waals surface area contributed by atoms with E-state index in [0.29, 0.717) is 11.0 Å². The summed E-state index contributed by atoms with van der Waals surface area (Å²) >= 11 is 6.35.